The second-order valence-corrected chi connectivity index (χ2v) is 12.6. The molecule has 130 valence electrons. The zero-order valence-electron chi connectivity index (χ0n) is 14.4. The first-order valence-corrected chi connectivity index (χ1v) is 10.8. The third kappa shape index (κ3) is 4.36. The Balaban J connectivity index is 2.02. The Morgan fingerprint density at radius 1 is 1.09 bits per heavy atom. The lowest BCUT2D eigenvalue weighted by Crippen LogP contribution is -2.42. The van der Waals surface area contributed by atoms with Crippen molar-refractivity contribution in [1.82, 2.24) is 4.90 Å². The third-order valence-corrected chi connectivity index (χ3v) is 9.52. The largest absolute Gasteiger partial charge is 0.415 e. The fourth-order valence-corrected chi connectivity index (χ4v) is 3.46. The van der Waals surface area contributed by atoms with Gasteiger partial charge in [0.05, 0.1) is 12.6 Å². The lowest BCUT2D eigenvalue weighted by atomic mass is 10.2. The van der Waals surface area contributed by atoms with Crippen molar-refractivity contribution in [2.24, 2.45) is 0 Å². The molecule has 23 heavy (non-hydrogen) atoms. The van der Waals surface area contributed by atoms with Crippen LogP contribution in [0.5, 0.6) is 0 Å². The maximum Gasteiger partial charge on any atom is 0.405 e. The molecule has 0 amide bonds. The standard InChI is InChI=1S/C17H26F3NOSi/c1-16(2,3)23(4,5)22-12-14-15(17(18,19)20)21(14)11-13-9-7-6-8-10-13/h6-10,14-15H,11-12H2,1-5H3/t14-,15+,21?/m1/s1. The molecule has 2 rings (SSSR count). The van der Waals surface area contributed by atoms with Gasteiger partial charge in [-0.2, -0.15) is 13.2 Å². The molecule has 0 aliphatic carbocycles. The molecule has 0 aromatic heterocycles. The molecule has 1 aromatic rings. The van der Waals surface area contributed by atoms with Crippen LogP contribution in [0.15, 0.2) is 30.3 Å². The summed E-state index contributed by atoms with van der Waals surface area (Å²) in [5.41, 5.74) is 0.900. The fraction of sp³-hybridized carbons (Fsp3) is 0.647. The molecule has 0 bridgehead atoms. The van der Waals surface area contributed by atoms with Crippen LogP contribution >= 0.6 is 0 Å². The van der Waals surface area contributed by atoms with Crippen LogP contribution in [0.4, 0.5) is 13.2 Å². The lowest BCUT2D eigenvalue weighted by molar-refractivity contribution is -0.138. The van der Waals surface area contributed by atoms with Crippen molar-refractivity contribution >= 4 is 8.32 Å². The molecule has 0 N–H and O–H groups in total. The summed E-state index contributed by atoms with van der Waals surface area (Å²) in [6.07, 6.45) is -4.20. The van der Waals surface area contributed by atoms with Crippen LogP contribution in [-0.2, 0) is 11.0 Å². The zero-order chi connectivity index (χ0) is 17.5. The Morgan fingerprint density at radius 2 is 1.65 bits per heavy atom. The minimum atomic E-state index is -4.20. The van der Waals surface area contributed by atoms with Gasteiger partial charge in [0.25, 0.3) is 0 Å². The summed E-state index contributed by atoms with van der Waals surface area (Å²) < 4.78 is 45.6. The van der Waals surface area contributed by atoms with Crippen LogP contribution in [0.25, 0.3) is 0 Å². The second-order valence-electron chi connectivity index (χ2n) is 7.78. The minimum absolute atomic E-state index is 0.000120. The Labute approximate surface area is 137 Å². The van der Waals surface area contributed by atoms with E-state index in [0.717, 1.165) is 5.56 Å². The third-order valence-electron chi connectivity index (χ3n) is 5.02. The van der Waals surface area contributed by atoms with Gasteiger partial charge >= 0.3 is 6.18 Å². The quantitative estimate of drug-likeness (QED) is 0.560. The predicted molar refractivity (Wildman–Crippen MR) is 88.8 cm³/mol. The van der Waals surface area contributed by atoms with Gasteiger partial charge in [-0.1, -0.05) is 51.1 Å². The minimum Gasteiger partial charge on any atom is -0.415 e. The topological polar surface area (TPSA) is 12.2 Å². The van der Waals surface area contributed by atoms with Crippen LogP contribution in [0, 0.1) is 0 Å². The summed E-state index contributed by atoms with van der Waals surface area (Å²) in [6, 6.07) is 7.34. The number of hydrogen-bond donors (Lipinski definition) is 0. The Hall–Kier alpha value is -0.853. The molecule has 1 fully saturated rings. The highest BCUT2D eigenvalue weighted by Crippen LogP contribution is 2.44. The van der Waals surface area contributed by atoms with Crippen LogP contribution < -0.4 is 0 Å². The normalized spacial score (nSPS) is 25.5. The summed E-state index contributed by atoms with van der Waals surface area (Å²) in [6.45, 7) is 10.9. The first kappa shape index (κ1) is 18.5. The van der Waals surface area contributed by atoms with E-state index >= 15 is 0 Å². The van der Waals surface area contributed by atoms with Gasteiger partial charge in [0, 0.05) is 6.54 Å². The first-order chi connectivity index (χ1) is 10.4. The van der Waals surface area contributed by atoms with E-state index in [0.29, 0.717) is 6.54 Å². The van der Waals surface area contributed by atoms with Crippen molar-refractivity contribution in [2.45, 2.75) is 63.7 Å². The lowest BCUT2D eigenvalue weighted by Gasteiger charge is -2.36. The van der Waals surface area contributed by atoms with E-state index < -0.39 is 26.6 Å². The van der Waals surface area contributed by atoms with Crippen molar-refractivity contribution < 1.29 is 17.6 Å². The number of halogens is 3. The van der Waals surface area contributed by atoms with Crippen LogP contribution in [0.2, 0.25) is 18.1 Å². The maximum absolute atomic E-state index is 13.2. The molecular weight excluding hydrogens is 319 g/mol. The average Bonchev–Trinajstić information content (AvgIpc) is 3.09. The highest BCUT2D eigenvalue weighted by molar-refractivity contribution is 6.74. The average molecular weight is 345 g/mol. The van der Waals surface area contributed by atoms with Gasteiger partial charge in [-0.15, -0.1) is 0 Å². The predicted octanol–water partition coefficient (Wildman–Crippen LogP) is 4.82. The van der Waals surface area contributed by atoms with Gasteiger partial charge in [0.1, 0.15) is 6.04 Å². The van der Waals surface area contributed by atoms with Crippen LogP contribution in [0.1, 0.15) is 26.3 Å². The van der Waals surface area contributed by atoms with Crippen molar-refractivity contribution in [2.75, 3.05) is 6.61 Å². The smallest absolute Gasteiger partial charge is 0.405 e. The summed E-state index contributed by atoms with van der Waals surface area (Å²) in [4.78, 5) is 1.49. The molecule has 0 spiro atoms. The van der Waals surface area contributed by atoms with Crippen LogP contribution in [-0.4, -0.2) is 38.1 Å². The van der Waals surface area contributed by atoms with E-state index in [2.05, 4.69) is 33.9 Å². The zero-order valence-corrected chi connectivity index (χ0v) is 15.4. The molecule has 1 aliphatic heterocycles. The van der Waals surface area contributed by atoms with Crippen LogP contribution in [0.3, 0.4) is 0 Å². The van der Waals surface area contributed by atoms with Gasteiger partial charge in [-0.05, 0) is 23.7 Å². The molecule has 1 unspecified atom stereocenters. The molecule has 0 radical (unpaired) electrons. The molecule has 1 heterocycles. The van der Waals surface area contributed by atoms with E-state index in [9.17, 15) is 13.2 Å². The summed E-state index contributed by atoms with van der Waals surface area (Å²) in [5, 5.41) is -0.000120. The molecule has 3 atom stereocenters. The molecule has 6 heteroatoms. The van der Waals surface area contributed by atoms with Crippen molar-refractivity contribution in [3.05, 3.63) is 35.9 Å². The number of rotatable bonds is 5. The van der Waals surface area contributed by atoms with Gasteiger partial charge < -0.3 is 4.43 Å². The first-order valence-electron chi connectivity index (χ1n) is 7.94. The summed E-state index contributed by atoms with van der Waals surface area (Å²) in [7, 11) is -2.03. The van der Waals surface area contributed by atoms with E-state index in [1.54, 1.807) is 0 Å². The maximum atomic E-state index is 13.2. The molecule has 0 saturated carbocycles. The van der Waals surface area contributed by atoms with E-state index in [1.807, 2.05) is 30.3 Å². The molecule has 1 saturated heterocycles. The van der Waals surface area contributed by atoms with E-state index in [1.165, 1.54) is 4.90 Å². The Morgan fingerprint density at radius 3 is 2.13 bits per heavy atom. The number of nitrogens with zero attached hydrogens (tertiary/aromatic N) is 1. The van der Waals surface area contributed by atoms with Gasteiger partial charge in [-0.25, -0.2) is 0 Å². The summed E-state index contributed by atoms with van der Waals surface area (Å²) >= 11 is 0. The summed E-state index contributed by atoms with van der Waals surface area (Å²) in [5.74, 6) is 0. The molecule has 1 aromatic carbocycles. The SMILES string of the molecule is CC(C)(C)[Si](C)(C)OC[C@@H]1[C@@H](C(F)(F)F)N1Cc1ccccc1. The van der Waals surface area contributed by atoms with Gasteiger partial charge in [0.2, 0.25) is 0 Å². The van der Waals surface area contributed by atoms with Crippen molar-refractivity contribution in [1.29, 1.82) is 0 Å². The Kier molecular flexibility index (Phi) is 5.00. The van der Waals surface area contributed by atoms with E-state index in [-0.39, 0.29) is 11.6 Å². The van der Waals surface area contributed by atoms with Crippen molar-refractivity contribution in [3.63, 3.8) is 0 Å². The number of alkyl halides is 3. The molecule has 2 nitrogen and oxygen atoms in total. The fourth-order valence-electron chi connectivity index (χ4n) is 2.44. The van der Waals surface area contributed by atoms with Gasteiger partial charge in [-0.3, -0.25) is 4.90 Å². The number of benzene rings is 1. The number of hydrogen-bond acceptors (Lipinski definition) is 2. The van der Waals surface area contributed by atoms with Gasteiger partial charge in [0.15, 0.2) is 8.32 Å². The van der Waals surface area contributed by atoms with E-state index in [4.69, 9.17) is 4.43 Å². The Bertz CT molecular complexity index is 525. The molecule has 1 aliphatic rings. The molecular formula is C17H26F3NOSi. The highest BCUT2D eigenvalue weighted by atomic mass is 28.4. The second kappa shape index (κ2) is 6.22. The monoisotopic (exact) mass is 345 g/mol. The highest BCUT2D eigenvalue weighted by Gasteiger charge is 2.62. The van der Waals surface area contributed by atoms with Crippen molar-refractivity contribution in [3.8, 4) is 0 Å².